The quantitative estimate of drug-likeness (QED) is 0.897. The molecule has 0 amide bonds. The summed E-state index contributed by atoms with van der Waals surface area (Å²) in [6, 6.07) is 5.66. The highest BCUT2D eigenvalue weighted by molar-refractivity contribution is 9.10. The molecule has 2 atom stereocenters. The van der Waals surface area contributed by atoms with Crippen LogP contribution in [0.25, 0.3) is 0 Å². The zero-order valence-electron chi connectivity index (χ0n) is 9.44. The summed E-state index contributed by atoms with van der Waals surface area (Å²) in [4.78, 5) is 10.9. The molecule has 0 saturated heterocycles. The number of methoxy groups -OCH3 is 1. The Morgan fingerprint density at radius 3 is 2.76 bits per heavy atom. The number of aliphatic carboxylic acids is 1. The van der Waals surface area contributed by atoms with Crippen LogP contribution in [0.5, 0.6) is 5.75 Å². The highest BCUT2D eigenvalue weighted by atomic mass is 79.9. The molecule has 4 nitrogen and oxygen atoms in total. The molecule has 1 aromatic rings. The lowest BCUT2D eigenvalue weighted by Crippen LogP contribution is -2.42. The van der Waals surface area contributed by atoms with E-state index in [0.717, 1.165) is 28.8 Å². The maximum atomic E-state index is 10.9. The average Bonchev–Trinajstić information content (AvgIpc) is 2.22. The van der Waals surface area contributed by atoms with Gasteiger partial charge in [0.25, 0.3) is 0 Å². The van der Waals surface area contributed by atoms with E-state index in [9.17, 15) is 4.79 Å². The molecule has 0 radical (unpaired) electrons. The van der Waals surface area contributed by atoms with Crippen molar-refractivity contribution >= 4 is 27.6 Å². The van der Waals surface area contributed by atoms with Gasteiger partial charge in [0, 0.05) is 22.3 Å². The molecule has 1 fully saturated rings. The van der Waals surface area contributed by atoms with Gasteiger partial charge in [0.2, 0.25) is 0 Å². The number of anilines is 1. The molecular formula is C12H14BrNO3. The largest absolute Gasteiger partial charge is 0.497 e. The van der Waals surface area contributed by atoms with E-state index in [1.54, 1.807) is 7.11 Å². The van der Waals surface area contributed by atoms with Crippen molar-refractivity contribution in [3.05, 3.63) is 22.7 Å². The summed E-state index contributed by atoms with van der Waals surface area (Å²) in [5.41, 5.74) is 0.882. The van der Waals surface area contributed by atoms with E-state index < -0.39 is 5.97 Å². The summed E-state index contributed by atoms with van der Waals surface area (Å²) in [6.45, 7) is 0. The highest BCUT2D eigenvalue weighted by Gasteiger charge is 2.36. The minimum absolute atomic E-state index is 0.0199. The molecule has 2 N–H and O–H groups in total. The number of carboxylic acid groups (broad SMARTS) is 1. The van der Waals surface area contributed by atoms with E-state index in [-0.39, 0.29) is 12.0 Å². The second-order valence-electron chi connectivity index (χ2n) is 4.15. The normalized spacial score (nSPS) is 22.7. The fourth-order valence-electron chi connectivity index (χ4n) is 1.95. The van der Waals surface area contributed by atoms with E-state index in [0.29, 0.717) is 0 Å². The zero-order chi connectivity index (χ0) is 12.4. The smallest absolute Gasteiger partial charge is 0.308 e. The molecule has 2 rings (SSSR count). The predicted octanol–water partition coefficient (Wildman–Crippen LogP) is 2.73. The minimum atomic E-state index is -0.726. The molecule has 0 heterocycles. The van der Waals surface area contributed by atoms with Gasteiger partial charge in [0.1, 0.15) is 5.75 Å². The molecule has 17 heavy (non-hydrogen) atoms. The summed E-state index contributed by atoms with van der Waals surface area (Å²) in [5.74, 6) is -0.260. The van der Waals surface area contributed by atoms with Gasteiger partial charge in [-0.2, -0.15) is 0 Å². The third kappa shape index (κ3) is 2.72. The average molecular weight is 300 g/mol. The number of rotatable bonds is 4. The number of benzene rings is 1. The van der Waals surface area contributed by atoms with Crippen LogP contribution in [-0.2, 0) is 4.79 Å². The van der Waals surface area contributed by atoms with Crippen molar-refractivity contribution in [2.24, 2.45) is 5.92 Å². The van der Waals surface area contributed by atoms with Gasteiger partial charge >= 0.3 is 5.97 Å². The first kappa shape index (κ1) is 12.2. The van der Waals surface area contributed by atoms with Gasteiger partial charge in [-0.1, -0.05) is 15.9 Å². The van der Waals surface area contributed by atoms with Crippen molar-refractivity contribution in [2.45, 2.75) is 18.9 Å². The number of carbonyl (C=O) groups is 1. The Bertz CT molecular complexity index is 436. The molecule has 5 heteroatoms. The Hall–Kier alpha value is -1.23. The van der Waals surface area contributed by atoms with Crippen LogP contribution >= 0.6 is 15.9 Å². The van der Waals surface area contributed by atoms with Crippen LogP contribution in [0.15, 0.2) is 22.7 Å². The fraction of sp³-hybridized carbons (Fsp3) is 0.417. The summed E-state index contributed by atoms with van der Waals surface area (Å²) < 4.78 is 6.06. The summed E-state index contributed by atoms with van der Waals surface area (Å²) in [7, 11) is 1.61. The molecule has 0 aliphatic heterocycles. The van der Waals surface area contributed by atoms with E-state index in [1.807, 2.05) is 18.2 Å². The van der Waals surface area contributed by atoms with Crippen molar-refractivity contribution in [2.75, 3.05) is 12.4 Å². The second-order valence-corrected chi connectivity index (χ2v) is 5.07. The van der Waals surface area contributed by atoms with Crippen LogP contribution in [-0.4, -0.2) is 24.2 Å². The van der Waals surface area contributed by atoms with E-state index in [1.165, 1.54) is 0 Å². The van der Waals surface area contributed by atoms with E-state index in [2.05, 4.69) is 21.2 Å². The number of ether oxygens (including phenoxy) is 1. The van der Waals surface area contributed by atoms with Crippen LogP contribution in [0.3, 0.4) is 0 Å². The number of halogens is 1. The fourth-order valence-corrected chi connectivity index (χ4v) is 2.42. The van der Waals surface area contributed by atoms with Crippen molar-refractivity contribution in [1.29, 1.82) is 0 Å². The number of carboxylic acids is 1. The Kier molecular flexibility index (Phi) is 3.57. The van der Waals surface area contributed by atoms with Crippen LogP contribution in [0.2, 0.25) is 0 Å². The maximum Gasteiger partial charge on any atom is 0.308 e. The predicted molar refractivity (Wildman–Crippen MR) is 68.5 cm³/mol. The molecular weight excluding hydrogens is 286 g/mol. The van der Waals surface area contributed by atoms with Gasteiger partial charge in [-0.25, -0.2) is 0 Å². The van der Waals surface area contributed by atoms with Gasteiger partial charge in [0.05, 0.1) is 13.0 Å². The van der Waals surface area contributed by atoms with Crippen molar-refractivity contribution in [1.82, 2.24) is 0 Å². The highest BCUT2D eigenvalue weighted by Crippen LogP contribution is 2.32. The molecule has 1 saturated carbocycles. The standard InChI is InChI=1S/C12H14BrNO3/c1-17-9-5-7(13)4-8(6-9)14-11-3-2-10(11)12(15)16/h4-6,10-11,14H,2-3H2,1H3,(H,15,16). The summed E-state index contributed by atoms with van der Waals surface area (Å²) in [6.07, 6.45) is 1.64. The molecule has 1 aromatic carbocycles. The van der Waals surface area contributed by atoms with E-state index in [4.69, 9.17) is 9.84 Å². The second kappa shape index (κ2) is 4.96. The topological polar surface area (TPSA) is 58.6 Å². The van der Waals surface area contributed by atoms with Gasteiger partial charge in [0.15, 0.2) is 0 Å². The first-order valence-corrected chi connectivity index (χ1v) is 6.23. The SMILES string of the molecule is COc1cc(Br)cc(NC2CCC2C(=O)O)c1. The third-order valence-corrected chi connectivity index (χ3v) is 3.51. The molecule has 92 valence electrons. The van der Waals surface area contributed by atoms with Crippen molar-refractivity contribution in [3.8, 4) is 5.75 Å². The first-order valence-electron chi connectivity index (χ1n) is 5.44. The summed E-state index contributed by atoms with van der Waals surface area (Å²) in [5, 5.41) is 12.2. The molecule has 1 aliphatic carbocycles. The van der Waals surface area contributed by atoms with Crippen molar-refractivity contribution in [3.63, 3.8) is 0 Å². The lowest BCUT2D eigenvalue weighted by molar-refractivity contribution is -0.144. The van der Waals surface area contributed by atoms with Crippen LogP contribution < -0.4 is 10.1 Å². The zero-order valence-corrected chi connectivity index (χ0v) is 11.0. The lowest BCUT2D eigenvalue weighted by Gasteiger charge is -2.34. The third-order valence-electron chi connectivity index (χ3n) is 3.05. The Balaban J connectivity index is 2.08. The molecule has 0 spiro atoms. The molecule has 0 aromatic heterocycles. The van der Waals surface area contributed by atoms with Gasteiger partial charge in [-0.3, -0.25) is 4.79 Å². The van der Waals surface area contributed by atoms with Gasteiger partial charge < -0.3 is 15.2 Å². The van der Waals surface area contributed by atoms with Gasteiger partial charge in [-0.05, 0) is 25.0 Å². The number of hydrogen-bond donors (Lipinski definition) is 2. The van der Waals surface area contributed by atoms with Crippen LogP contribution in [0.4, 0.5) is 5.69 Å². The molecule has 1 aliphatic rings. The Morgan fingerprint density at radius 2 is 2.24 bits per heavy atom. The molecule has 0 bridgehead atoms. The number of nitrogens with one attached hydrogen (secondary N) is 1. The Labute approximate surface area is 108 Å². The Morgan fingerprint density at radius 1 is 1.47 bits per heavy atom. The number of hydrogen-bond acceptors (Lipinski definition) is 3. The summed E-state index contributed by atoms with van der Waals surface area (Å²) >= 11 is 3.39. The van der Waals surface area contributed by atoms with Crippen LogP contribution in [0, 0.1) is 5.92 Å². The minimum Gasteiger partial charge on any atom is -0.497 e. The maximum absolute atomic E-state index is 10.9. The van der Waals surface area contributed by atoms with Crippen LogP contribution in [0.1, 0.15) is 12.8 Å². The first-order chi connectivity index (χ1) is 8.10. The lowest BCUT2D eigenvalue weighted by atomic mass is 9.79. The van der Waals surface area contributed by atoms with Crippen molar-refractivity contribution < 1.29 is 14.6 Å². The monoisotopic (exact) mass is 299 g/mol. The molecule has 2 unspecified atom stereocenters. The van der Waals surface area contributed by atoms with E-state index >= 15 is 0 Å². The van der Waals surface area contributed by atoms with Gasteiger partial charge in [-0.15, -0.1) is 0 Å².